The van der Waals surface area contributed by atoms with Crippen molar-refractivity contribution in [2.75, 3.05) is 26.7 Å². The number of aromatic nitrogens is 1. The molecule has 14 heavy (non-hydrogen) atoms. The Bertz CT molecular complexity index is 299. The predicted molar refractivity (Wildman–Crippen MR) is 57.1 cm³/mol. The number of nitrogens with one attached hydrogen (secondary N) is 1. The summed E-state index contributed by atoms with van der Waals surface area (Å²) >= 11 is 0. The molecule has 0 bridgehead atoms. The van der Waals surface area contributed by atoms with E-state index in [2.05, 4.69) is 41.3 Å². The third-order valence-electron chi connectivity index (χ3n) is 3.15. The zero-order chi connectivity index (χ0) is 10.0. The Kier molecular flexibility index (Phi) is 2.52. The van der Waals surface area contributed by atoms with Crippen LogP contribution in [0.5, 0.6) is 0 Å². The molecular weight excluding hydrogens is 174 g/mol. The van der Waals surface area contributed by atoms with Gasteiger partial charge in [-0.1, -0.05) is 6.07 Å². The van der Waals surface area contributed by atoms with Crippen LogP contribution in [0, 0.1) is 0 Å². The molecule has 0 aliphatic carbocycles. The van der Waals surface area contributed by atoms with Crippen LogP contribution < -0.4 is 5.32 Å². The fourth-order valence-corrected chi connectivity index (χ4v) is 1.93. The highest BCUT2D eigenvalue weighted by atomic mass is 15.2. The molecule has 76 valence electrons. The molecule has 0 spiro atoms. The SMILES string of the molecule is CN1CCNCC1(C)c1ccccn1. The van der Waals surface area contributed by atoms with Crippen molar-refractivity contribution >= 4 is 0 Å². The molecule has 1 saturated heterocycles. The van der Waals surface area contributed by atoms with E-state index in [0.29, 0.717) is 0 Å². The van der Waals surface area contributed by atoms with E-state index in [4.69, 9.17) is 0 Å². The van der Waals surface area contributed by atoms with Gasteiger partial charge in [0.05, 0.1) is 11.2 Å². The first-order valence-corrected chi connectivity index (χ1v) is 5.07. The van der Waals surface area contributed by atoms with Crippen molar-refractivity contribution in [1.29, 1.82) is 0 Å². The number of nitrogens with zero attached hydrogens (tertiary/aromatic N) is 2. The van der Waals surface area contributed by atoms with Crippen molar-refractivity contribution in [2.24, 2.45) is 0 Å². The van der Waals surface area contributed by atoms with Crippen LogP contribution in [-0.4, -0.2) is 36.6 Å². The quantitative estimate of drug-likeness (QED) is 0.712. The summed E-state index contributed by atoms with van der Waals surface area (Å²) < 4.78 is 0. The largest absolute Gasteiger partial charge is 0.313 e. The average molecular weight is 191 g/mol. The Morgan fingerprint density at radius 3 is 3.00 bits per heavy atom. The predicted octanol–water partition coefficient (Wildman–Crippen LogP) is 0.832. The van der Waals surface area contributed by atoms with Gasteiger partial charge >= 0.3 is 0 Å². The van der Waals surface area contributed by atoms with E-state index >= 15 is 0 Å². The lowest BCUT2D eigenvalue weighted by Gasteiger charge is -2.42. The lowest BCUT2D eigenvalue weighted by Crippen LogP contribution is -2.56. The minimum Gasteiger partial charge on any atom is -0.313 e. The number of likely N-dealkylation sites (N-methyl/N-ethyl adjacent to an activating group) is 1. The summed E-state index contributed by atoms with van der Waals surface area (Å²) in [5, 5.41) is 3.42. The molecule has 1 aromatic rings. The molecule has 0 radical (unpaired) electrons. The van der Waals surface area contributed by atoms with Gasteiger partial charge in [-0.05, 0) is 26.1 Å². The molecule has 1 aliphatic rings. The molecule has 3 nitrogen and oxygen atoms in total. The summed E-state index contributed by atoms with van der Waals surface area (Å²) in [5.41, 5.74) is 1.19. The smallest absolute Gasteiger partial charge is 0.0729 e. The second-order valence-electron chi connectivity index (χ2n) is 4.09. The summed E-state index contributed by atoms with van der Waals surface area (Å²) in [5.74, 6) is 0. The molecule has 1 aliphatic heterocycles. The molecular formula is C11H17N3. The van der Waals surface area contributed by atoms with E-state index in [1.165, 1.54) is 0 Å². The van der Waals surface area contributed by atoms with Crippen LogP contribution in [0.25, 0.3) is 0 Å². The lowest BCUT2D eigenvalue weighted by atomic mass is 9.93. The zero-order valence-corrected chi connectivity index (χ0v) is 8.83. The summed E-state index contributed by atoms with van der Waals surface area (Å²) in [4.78, 5) is 6.81. The number of rotatable bonds is 1. The van der Waals surface area contributed by atoms with Crippen molar-refractivity contribution < 1.29 is 0 Å². The Balaban J connectivity index is 2.30. The number of pyridine rings is 1. The van der Waals surface area contributed by atoms with E-state index in [-0.39, 0.29) is 5.54 Å². The van der Waals surface area contributed by atoms with Gasteiger partial charge in [0.15, 0.2) is 0 Å². The summed E-state index contributed by atoms with van der Waals surface area (Å²) in [6.45, 7) is 5.36. The first-order valence-electron chi connectivity index (χ1n) is 5.07. The second kappa shape index (κ2) is 3.67. The van der Waals surface area contributed by atoms with Gasteiger partial charge in [-0.25, -0.2) is 0 Å². The molecule has 3 heteroatoms. The fourth-order valence-electron chi connectivity index (χ4n) is 1.93. The van der Waals surface area contributed by atoms with Crippen LogP contribution in [0.15, 0.2) is 24.4 Å². The van der Waals surface area contributed by atoms with Gasteiger partial charge in [-0.2, -0.15) is 0 Å². The van der Waals surface area contributed by atoms with E-state index < -0.39 is 0 Å². The molecule has 1 aromatic heterocycles. The van der Waals surface area contributed by atoms with Gasteiger partial charge in [0, 0.05) is 25.8 Å². The number of hydrogen-bond acceptors (Lipinski definition) is 3. The molecule has 2 rings (SSSR count). The highest BCUT2D eigenvalue weighted by molar-refractivity contribution is 5.16. The van der Waals surface area contributed by atoms with Crippen LogP contribution in [0.3, 0.4) is 0 Å². The molecule has 1 unspecified atom stereocenters. The normalized spacial score (nSPS) is 29.0. The molecule has 1 N–H and O–H groups in total. The van der Waals surface area contributed by atoms with E-state index in [9.17, 15) is 0 Å². The molecule has 1 atom stereocenters. The molecule has 0 aromatic carbocycles. The van der Waals surface area contributed by atoms with E-state index in [1.54, 1.807) is 0 Å². The first kappa shape index (κ1) is 9.62. The Hall–Kier alpha value is -0.930. The fraction of sp³-hybridized carbons (Fsp3) is 0.545. The van der Waals surface area contributed by atoms with Gasteiger partial charge in [0.25, 0.3) is 0 Å². The van der Waals surface area contributed by atoms with Crippen molar-refractivity contribution in [1.82, 2.24) is 15.2 Å². The summed E-state index contributed by atoms with van der Waals surface area (Å²) in [7, 11) is 2.16. The average Bonchev–Trinajstić information content (AvgIpc) is 2.24. The van der Waals surface area contributed by atoms with Crippen molar-refractivity contribution in [3.63, 3.8) is 0 Å². The topological polar surface area (TPSA) is 28.2 Å². The zero-order valence-electron chi connectivity index (χ0n) is 8.83. The van der Waals surface area contributed by atoms with Gasteiger partial charge in [-0.15, -0.1) is 0 Å². The Morgan fingerprint density at radius 2 is 2.36 bits per heavy atom. The third-order valence-corrected chi connectivity index (χ3v) is 3.15. The van der Waals surface area contributed by atoms with Crippen LogP contribution >= 0.6 is 0 Å². The first-order chi connectivity index (χ1) is 6.73. The standard InChI is InChI=1S/C11H17N3/c1-11(9-12-7-8-14(11)2)10-5-3-4-6-13-10/h3-6,12H,7-9H2,1-2H3. The summed E-state index contributed by atoms with van der Waals surface area (Å²) in [6.07, 6.45) is 1.86. The molecule has 0 saturated carbocycles. The maximum Gasteiger partial charge on any atom is 0.0729 e. The second-order valence-corrected chi connectivity index (χ2v) is 4.09. The minimum atomic E-state index is 0.0412. The summed E-state index contributed by atoms with van der Waals surface area (Å²) in [6, 6.07) is 6.11. The lowest BCUT2D eigenvalue weighted by molar-refractivity contribution is 0.0997. The van der Waals surface area contributed by atoms with Crippen molar-refractivity contribution in [3.8, 4) is 0 Å². The monoisotopic (exact) mass is 191 g/mol. The van der Waals surface area contributed by atoms with Crippen molar-refractivity contribution in [2.45, 2.75) is 12.5 Å². The molecule has 2 heterocycles. The van der Waals surface area contributed by atoms with E-state index in [0.717, 1.165) is 25.3 Å². The van der Waals surface area contributed by atoms with Gasteiger partial charge in [0.1, 0.15) is 0 Å². The van der Waals surface area contributed by atoms with Crippen LogP contribution in [0.2, 0.25) is 0 Å². The molecule has 1 fully saturated rings. The Morgan fingerprint density at radius 1 is 1.50 bits per heavy atom. The van der Waals surface area contributed by atoms with Crippen LogP contribution in [0.1, 0.15) is 12.6 Å². The van der Waals surface area contributed by atoms with Gasteiger partial charge in [-0.3, -0.25) is 9.88 Å². The van der Waals surface area contributed by atoms with Gasteiger partial charge in [0.2, 0.25) is 0 Å². The minimum absolute atomic E-state index is 0.0412. The Labute approximate surface area is 85.1 Å². The third kappa shape index (κ3) is 1.53. The van der Waals surface area contributed by atoms with Gasteiger partial charge < -0.3 is 5.32 Å². The number of hydrogen-bond donors (Lipinski definition) is 1. The maximum atomic E-state index is 4.44. The molecule has 0 amide bonds. The van der Waals surface area contributed by atoms with Crippen LogP contribution in [-0.2, 0) is 5.54 Å². The maximum absolute atomic E-state index is 4.44. The van der Waals surface area contributed by atoms with E-state index in [1.807, 2.05) is 12.3 Å². The number of piperazine rings is 1. The van der Waals surface area contributed by atoms with Crippen molar-refractivity contribution in [3.05, 3.63) is 30.1 Å². The highest BCUT2D eigenvalue weighted by Gasteiger charge is 2.34. The highest BCUT2D eigenvalue weighted by Crippen LogP contribution is 2.25. The van der Waals surface area contributed by atoms with Crippen LogP contribution in [0.4, 0.5) is 0 Å².